The number of ether oxygens (including phenoxy) is 1. The van der Waals surface area contributed by atoms with Gasteiger partial charge in [-0.25, -0.2) is 0 Å². The van der Waals surface area contributed by atoms with Crippen molar-refractivity contribution in [1.82, 2.24) is 0 Å². The Morgan fingerprint density at radius 1 is 1.50 bits per heavy atom. The lowest BCUT2D eigenvalue weighted by molar-refractivity contribution is 0.412. The molecule has 1 atom stereocenters. The molecule has 0 spiro atoms. The number of nitriles is 1. The molecule has 62 valence electrons. The van der Waals surface area contributed by atoms with Crippen LogP contribution in [0.25, 0.3) is 0 Å². The summed E-state index contributed by atoms with van der Waals surface area (Å²) in [6.45, 7) is 1.88. The molecular formula is C9H10NOP. The van der Waals surface area contributed by atoms with Crippen LogP contribution in [0.3, 0.4) is 0 Å². The quantitative estimate of drug-likeness (QED) is 0.610. The van der Waals surface area contributed by atoms with Crippen LogP contribution in [0, 0.1) is 18.3 Å². The van der Waals surface area contributed by atoms with E-state index in [0.29, 0.717) is 5.56 Å². The summed E-state index contributed by atoms with van der Waals surface area (Å²) in [5.74, 6) is 0.763. The molecule has 0 bridgehead atoms. The van der Waals surface area contributed by atoms with Crippen LogP contribution in [-0.4, -0.2) is 7.11 Å². The van der Waals surface area contributed by atoms with Crippen LogP contribution in [0.4, 0.5) is 0 Å². The maximum Gasteiger partial charge on any atom is 0.123 e. The normalized spacial score (nSPS) is 9.17. The van der Waals surface area contributed by atoms with E-state index in [1.54, 1.807) is 7.11 Å². The van der Waals surface area contributed by atoms with Gasteiger partial charge >= 0.3 is 0 Å². The summed E-state index contributed by atoms with van der Waals surface area (Å²) in [5.41, 5.74) is 1.56. The van der Waals surface area contributed by atoms with Gasteiger partial charge in [-0.2, -0.15) is 5.26 Å². The van der Waals surface area contributed by atoms with Crippen LogP contribution in [0.2, 0.25) is 0 Å². The van der Waals surface area contributed by atoms with Crippen molar-refractivity contribution in [3.05, 3.63) is 23.3 Å². The van der Waals surface area contributed by atoms with Gasteiger partial charge in [-0.05, 0) is 24.4 Å². The van der Waals surface area contributed by atoms with Gasteiger partial charge in [-0.1, -0.05) is 0 Å². The van der Waals surface area contributed by atoms with Crippen molar-refractivity contribution in [2.24, 2.45) is 0 Å². The standard InChI is InChI=1S/C9H10NOP/c1-6-7(5-10)3-8(12)4-9(6)11-2/h3-4H,12H2,1-2H3. The Labute approximate surface area is 74.4 Å². The van der Waals surface area contributed by atoms with Crippen LogP contribution in [0.5, 0.6) is 5.75 Å². The van der Waals surface area contributed by atoms with E-state index in [-0.39, 0.29) is 0 Å². The predicted molar refractivity (Wildman–Crippen MR) is 51.8 cm³/mol. The third kappa shape index (κ3) is 1.57. The van der Waals surface area contributed by atoms with Crippen molar-refractivity contribution in [3.63, 3.8) is 0 Å². The van der Waals surface area contributed by atoms with E-state index in [9.17, 15) is 0 Å². The lowest BCUT2D eigenvalue weighted by Gasteiger charge is -2.06. The first-order valence-corrected chi connectivity index (χ1v) is 4.11. The van der Waals surface area contributed by atoms with Crippen molar-refractivity contribution in [2.45, 2.75) is 6.92 Å². The molecule has 0 amide bonds. The van der Waals surface area contributed by atoms with Gasteiger partial charge < -0.3 is 4.74 Å². The fraction of sp³-hybridized carbons (Fsp3) is 0.222. The van der Waals surface area contributed by atoms with E-state index < -0.39 is 0 Å². The summed E-state index contributed by atoms with van der Waals surface area (Å²) >= 11 is 0. The largest absolute Gasteiger partial charge is 0.496 e. The van der Waals surface area contributed by atoms with Crippen LogP contribution < -0.4 is 10.0 Å². The summed E-state index contributed by atoms with van der Waals surface area (Å²) < 4.78 is 5.10. The Morgan fingerprint density at radius 2 is 2.17 bits per heavy atom. The number of hydrogen-bond acceptors (Lipinski definition) is 2. The molecule has 0 radical (unpaired) electrons. The first-order chi connectivity index (χ1) is 5.69. The van der Waals surface area contributed by atoms with Crippen molar-refractivity contribution >= 4 is 14.5 Å². The van der Waals surface area contributed by atoms with Gasteiger partial charge in [-0.15, -0.1) is 9.24 Å². The molecule has 2 nitrogen and oxygen atoms in total. The summed E-state index contributed by atoms with van der Waals surface area (Å²) in [4.78, 5) is 0. The molecule has 0 aliphatic heterocycles. The third-order valence-corrected chi connectivity index (χ3v) is 2.06. The van der Waals surface area contributed by atoms with Crippen LogP contribution in [-0.2, 0) is 0 Å². The van der Waals surface area contributed by atoms with Gasteiger partial charge in [0.05, 0.1) is 18.7 Å². The van der Waals surface area contributed by atoms with Crippen molar-refractivity contribution < 1.29 is 4.74 Å². The van der Waals surface area contributed by atoms with E-state index in [1.807, 2.05) is 19.1 Å². The summed E-state index contributed by atoms with van der Waals surface area (Å²) in [7, 11) is 4.15. The van der Waals surface area contributed by atoms with Crippen LogP contribution in [0.1, 0.15) is 11.1 Å². The van der Waals surface area contributed by atoms with Gasteiger partial charge in [0.2, 0.25) is 0 Å². The van der Waals surface area contributed by atoms with E-state index in [2.05, 4.69) is 15.3 Å². The molecule has 0 aliphatic carbocycles. The smallest absolute Gasteiger partial charge is 0.123 e. The molecule has 3 heteroatoms. The Balaban J connectivity index is 3.34. The average Bonchev–Trinajstić information content (AvgIpc) is 2.08. The number of rotatable bonds is 1. The fourth-order valence-electron chi connectivity index (χ4n) is 1.04. The van der Waals surface area contributed by atoms with Gasteiger partial charge in [0.25, 0.3) is 0 Å². The van der Waals surface area contributed by atoms with E-state index in [0.717, 1.165) is 16.6 Å². The lowest BCUT2D eigenvalue weighted by atomic mass is 10.1. The van der Waals surface area contributed by atoms with Gasteiger partial charge in [0, 0.05) is 5.56 Å². The minimum absolute atomic E-state index is 0.666. The Morgan fingerprint density at radius 3 is 2.67 bits per heavy atom. The maximum absolute atomic E-state index is 8.75. The molecule has 12 heavy (non-hydrogen) atoms. The minimum atomic E-state index is 0.666. The summed E-state index contributed by atoms with van der Waals surface area (Å²) in [6.07, 6.45) is 0. The number of benzene rings is 1. The van der Waals surface area contributed by atoms with Gasteiger partial charge in [-0.3, -0.25) is 0 Å². The van der Waals surface area contributed by atoms with E-state index >= 15 is 0 Å². The molecular weight excluding hydrogens is 169 g/mol. The van der Waals surface area contributed by atoms with E-state index in [4.69, 9.17) is 10.00 Å². The minimum Gasteiger partial charge on any atom is -0.496 e. The van der Waals surface area contributed by atoms with Crippen LogP contribution in [0.15, 0.2) is 12.1 Å². The molecule has 0 heterocycles. The SMILES string of the molecule is COc1cc(P)cc(C#N)c1C. The second-order valence-corrected chi connectivity index (χ2v) is 3.17. The predicted octanol–water partition coefficient (Wildman–Crippen LogP) is 1.38. The second-order valence-electron chi connectivity index (χ2n) is 2.51. The average molecular weight is 179 g/mol. The number of hydrogen-bond donors (Lipinski definition) is 0. The molecule has 0 fully saturated rings. The molecule has 0 saturated heterocycles. The van der Waals surface area contributed by atoms with Gasteiger partial charge in [0.15, 0.2) is 0 Å². The molecule has 1 aromatic rings. The molecule has 0 saturated carbocycles. The zero-order valence-electron chi connectivity index (χ0n) is 7.09. The zero-order chi connectivity index (χ0) is 9.14. The Hall–Kier alpha value is -1.06. The molecule has 0 aromatic heterocycles. The van der Waals surface area contributed by atoms with Gasteiger partial charge in [0.1, 0.15) is 5.75 Å². The first-order valence-electron chi connectivity index (χ1n) is 3.53. The highest BCUT2D eigenvalue weighted by atomic mass is 31.0. The van der Waals surface area contributed by atoms with Crippen molar-refractivity contribution in [2.75, 3.05) is 7.11 Å². The van der Waals surface area contributed by atoms with E-state index in [1.165, 1.54) is 0 Å². The number of nitrogens with zero attached hydrogens (tertiary/aromatic N) is 1. The Kier molecular flexibility index (Phi) is 2.68. The lowest BCUT2D eigenvalue weighted by Crippen LogP contribution is -1.98. The topological polar surface area (TPSA) is 33.0 Å². The fourth-order valence-corrected chi connectivity index (χ4v) is 1.36. The monoisotopic (exact) mass is 179 g/mol. The molecule has 1 aromatic carbocycles. The summed E-state index contributed by atoms with van der Waals surface area (Å²) in [6, 6.07) is 5.83. The van der Waals surface area contributed by atoms with Crippen LogP contribution >= 0.6 is 9.24 Å². The first kappa shape index (κ1) is 9.03. The highest BCUT2D eigenvalue weighted by Gasteiger charge is 2.04. The Bertz CT molecular complexity index is 341. The highest BCUT2D eigenvalue weighted by Crippen LogP contribution is 2.19. The third-order valence-electron chi connectivity index (χ3n) is 1.72. The maximum atomic E-state index is 8.75. The zero-order valence-corrected chi connectivity index (χ0v) is 8.24. The molecule has 0 N–H and O–H groups in total. The molecule has 1 rings (SSSR count). The second kappa shape index (κ2) is 3.56. The summed E-state index contributed by atoms with van der Waals surface area (Å²) in [5, 5.41) is 9.71. The molecule has 1 unspecified atom stereocenters. The number of methoxy groups -OCH3 is 1. The van der Waals surface area contributed by atoms with Crippen molar-refractivity contribution in [3.8, 4) is 11.8 Å². The van der Waals surface area contributed by atoms with Crippen molar-refractivity contribution in [1.29, 1.82) is 5.26 Å². The molecule has 0 aliphatic rings. The highest BCUT2D eigenvalue weighted by molar-refractivity contribution is 7.27.